The average molecular weight is 381 g/mol. The van der Waals surface area contributed by atoms with E-state index in [0.29, 0.717) is 24.1 Å². The fraction of sp³-hybridized carbons (Fsp3) is 0.409. The van der Waals surface area contributed by atoms with Crippen LogP contribution < -0.4 is 5.32 Å². The molecule has 2 aromatic rings. The lowest BCUT2D eigenvalue weighted by Gasteiger charge is -2.26. The number of imide groups is 1. The summed E-state index contributed by atoms with van der Waals surface area (Å²) in [6.45, 7) is 8.33. The number of hydrogen-bond acceptors (Lipinski definition) is 3. The molecule has 6 nitrogen and oxygen atoms in total. The van der Waals surface area contributed by atoms with Gasteiger partial charge < -0.3 is 9.88 Å². The first-order valence-electron chi connectivity index (χ1n) is 9.58. The Morgan fingerprint density at radius 1 is 1.07 bits per heavy atom. The summed E-state index contributed by atoms with van der Waals surface area (Å²) in [5.41, 5.74) is 3.95. The van der Waals surface area contributed by atoms with Crippen LogP contribution in [0.4, 0.5) is 0 Å². The van der Waals surface area contributed by atoms with E-state index in [4.69, 9.17) is 0 Å². The van der Waals surface area contributed by atoms with Crippen LogP contribution in [0.15, 0.2) is 30.3 Å². The minimum Gasteiger partial charge on any atom is -0.352 e. The number of aryl methyl sites for hydroxylation is 1. The van der Waals surface area contributed by atoms with Crippen molar-refractivity contribution in [2.75, 3.05) is 0 Å². The molecule has 0 fully saturated rings. The molecule has 0 aliphatic carbocycles. The molecule has 6 heteroatoms. The number of carbonyl (C=O) groups is 3. The summed E-state index contributed by atoms with van der Waals surface area (Å²) in [6.07, 6.45) is 0.421. The fourth-order valence-electron chi connectivity index (χ4n) is 3.68. The number of benzene rings is 1. The van der Waals surface area contributed by atoms with E-state index in [1.165, 1.54) is 0 Å². The standard InChI is InChI=1S/C22H27N3O3/c1-13(2)10-19(20(26)23-12-16-11-14(3)24(5)15(16)4)25-21(27)17-8-6-7-9-18(17)22(25)28/h6-9,11,13,19H,10,12H2,1-5H3,(H,23,26). The Kier molecular flexibility index (Phi) is 5.40. The zero-order valence-electron chi connectivity index (χ0n) is 17.1. The lowest BCUT2D eigenvalue weighted by atomic mass is 10.0. The predicted molar refractivity (Wildman–Crippen MR) is 107 cm³/mol. The third-order valence-corrected chi connectivity index (χ3v) is 5.47. The number of nitrogens with zero attached hydrogens (tertiary/aromatic N) is 2. The third-order valence-electron chi connectivity index (χ3n) is 5.47. The molecule has 2 heterocycles. The van der Waals surface area contributed by atoms with Gasteiger partial charge in [-0.25, -0.2) is 0 Å². The van der Waals surface area contributed by atoms with E-state index >= 15 is 0 Å². The maximum absolute atomic E-state index is 13.0. The van der Waals surface area contributed by atoms with Gasteiger partial charge in [-0.1, -0.05) is 26.0 Å². The van der Waals surface area contributed by atoms with Crippen LogP contribution >= 0.6 is 0 Å². The van der Waals surface area contributed by atoms with Gasteiger partial charge in [-0.2, -0.15) is 0 Å². The number of aromatic nitrogens is 1. The maximum Gasteiger partial charge on any atom is 0.262 e. The Hall–Kier alpha value is -2.89. The van der Waals surface area contributed by atoms with E-state index < -0.39 is 17.9 Å². The molecule has 1 aromatic heterocycles. The van der Waals surface area contributed by atoms with Crippen LogP contribution in [0.5, 0.6) is 0 Å². The highest BCUT2D eigenvalue weighted by atomic mass is 16.2. The molecule has 0 spiro atoms. The van der Waals surface area contributed by atoms with Crippen molar-refractivity contribution in [3.05, 3.63) is 58.4 Å². The maximum atomic E-state index is 13.0. The summed E-state index contributed by atoms with van der Waals surface area (Å²) < 4.78 is 2.07. The molecular weight excluding hydrogens is 354 g/mol. The molecule has 0 bridgehead atoms. The van der Waals surface area contributed by atoms with Crippen LogP contribution in [-0.4, -0.2) is 33.2 Å². The second kappa shape index (κ2) is 7.62. The van der Waals surface area contributed by atoms with E-state index in [1.54, 1.807) is 24.3 Å². The summed E-state index contributed by atoms with van der Waals surface area (Å²) in [6, 6.07) is 7.94. The van der Waals surface area contributed by atoms with Crippen molar-refractivity contribution in [3.8, 4) is 0 Å². The quantitative estimate of drug-likeness (QED) is 0.782. The van der Waals surface area contributed by atoms with Crippen molar-refractivity contribution in [3.63, 3.8) is 0 Å². The van der Waals surface area contributed by atoms with Gasteiger partial charge in [0.25, 0.3) is 11.8 Å². The minimum atomic E-state index is -0.822. The van der Waals surface area contributed by atoms with Crippen molar-refractivity contribution in [2.24, 2.45) is 13.0 Å². The van der Waals surface area contributed by atoms with E-state index in [1.807, 2.05) is 40.8 Å². The molecule has 148 valence electrons. The molecule has 3 amide bonds. The number of fused-ring (bicyclic) bond motifs is 1. The number of hydrogen-bond donors (Lipinski definition) is 1. The summed E-state index contributed by atoms with van der Waals surface area (Å²) in [7, 11) is 1.98. The average Bonchev–Trinajstić information content (AvgIpc) is 3.06. The summed E-state index contributed by atoms with van der Waals surface area (Å²) in [5.74, 6) is -0.939. The van der Waals surface area contributed by atoms with E-state index in [0.717, 1.165) is 21.9 Å². The van der Waals surface area contributed by atoms with Gasteiger partial charge in [0.05, 0.1) is 11.1 Å². The van der Waals surface area contributed by atoms with E-state index in [9.17, 15) is 14.4 Å². The Bertz CT molecular complexity index is 907. The van der Waals surface area contributed by atoms with Crippen LogP contribution in [0.3, 0.4) is 0 Å². The number of nitrogens with one attached hydrogen (secondary N) is 1. The van der Waals surface area contributed by atoms with Gasteiger partial charge in [-0.3, -0.25) is 19.3 Å². The first kappa shape index (κ1) is 19.9. The molecular formula is C22H27N3O3. The first-order valence-corrected chi connectivity index (χ1v) is 9.58. The monoisotopic (exact) mass is 381 g/mol. The lowest BCUT2D eigenvalue weighted by molar-refractivity contribution is -0.125. The SMILES string of the molecule is Cc1cc(CNC(=O)C(CC(C)C)N2C(=O)c3ccccc3C2=O)c(C)n1C. The van der Waals surface area contributed by atoms with Crippen LogP contribution in [0, 0.1) is 19.8 Å². The van der Waals surface area contributed by atoms with Gasteiger partial charge >= 0.3 is 0 Å². The molecule has 1 aliphatic rings. The van der Waals surface area contributed by atoms with E-state index in [-0.39, 0.29) is 11.8 Å². The minimum absolute atomic E-state index is 0.153. The molecule has 1 atom stereocenters. The summed E-state index contributed by atoms with van der Waals surface area (Å²) in [5, 5.41) is 2.93. The molecule has 28 heavy (non-hydrogen) atoms. The normalized spacial score (nSPS) is 14.6. The summed E-state index contributed by atoms with van der Waals surface area (Å²) >= 11 is 0. The molecule has 0 radical (unpaired) electrons. The number of amides is 3. The topological polar surface area (TPSA) is 71.4 Å². The van der Waals surface area contributed by atoms with Crippen molar-refractivity contribution in [1.29, 1.82) is 0 Å². The van der Waals surface area contributed by atoms with Crippen molar-refractivity contribution < 1.29 is 14.4 Å². The molecule has 0 saturated heterocycles. The van der Waals surface area contributed by atoms with Crippen molar-refractivity contribution in [1.82, 2.24) is 14.8 Å². The highest BCUT2D eigenvalue weighted by Gasteiger charge is 2.42. The van der Waals surface area contributed by atoms with Gasteiger partial charge in [-0.05, 0) is 49.9 Å². The number of carbonyl (C=O) groups excluding carboxylic acids is 3. The predicted octanol–water partition coefficient (Wildman–Crippen LogP) is 2.97. The fourth-order valence-corrected chi connectivity index (χ4v) is 3.68. The molecule has 3 rings (SSSR count). The smallest absolute Gasteiger partial charge is 0.262 e. The molecule has 0 saturated carbocycles. The lowest BCUT2D eigenvalue weighted by Crippen LogP contribution is -2.50. The molecule has 1 aliphatic heterocycles. The van der Waals surface area contributed by atoms with Crippen LogP contribution in [0.1, 0.15) is 57.9 Å². The van der Waals surface area contributed by atoms with E-state index in [2.05, 4.69) is 9.88 Å². The Labute approximate surface area is 165 Å². The van der Waals surface area contributed by atoms with Crippen LogP contribution in [0.2, 0.25) is 0 Å². The second-order valence-corrected chi connectivity index (χ2v) is 7.84. The number of rotatable bonds is 6. The van der Waals surface area contributed by atoms with Crippen LogP contribution in [0.25, 0.3) is 0 Å². The Balaban J connectivity index is 1.82. The van der Waals surface area contributed by atoms with Crippen molar-refractivity contribution in [2.45, 2.75) is 46.7 Å². The van der Waals surface area contributed by atoms with Crippen LogP contribution in [-0.2, 0) is 18.4 Å². The van der Waals surface area contributed by atoms with Gasteiger partial charge in [0.2, 0.25) is 5.91 Å². The van der Waals surface area contributed by atoms with Gasteiger partial charge in [0.15, 0.2) is 0 Å². The Morgan fingerprint density at radius 3 is 2.11 bits per heavy atom. The first-order chi connectivity index (χ1) is 13.2. The van der Waals surface area contributed by atoms with Gasteiger partial charge in [0.1, 0.15) is 6.04 Å². The Morgan fingerprint density at radius 2 is 1.64 bits per heavy atom. The molecule has 1 N–H and O–H groups in total. The molecule has 1 aromatic carbocycles. The second-order valence-electron chi connectivity index (χ2n) is 7.84. The largest absolute Gasteiger partial charge is 0.352 e. The third kappa shape index (κ3) is 3.46. The highest BCUT2D eigenvalue weighted by Crippen LogP contribution is 2.27. The zero-order valence-corrected chi connectivity index (χ0v) is 17.1. The highest BCUT2D eigenvalue weighted by molar-refractivity contribution is 6.22. The zero-order chi connectivity index (χ0) is 20.6. The van der Waals surface area contributed by atoms with Gasteiger partial charge in [-0.15, -0.1) is 0 Å². The summed E-state index contributed by atoms with van der Waals surface area (Å²) in [4.78, 5) is 39.8. The van der Waals surface area contributed by atoms with Crippen molar-refractivity contribution >= 4 is 17.7 Å². The van der Waals surface area contributed by atoms with Gasteiger partial charge in [0, 0.05) is 25.0 Å². The molecule has 1 unspecified atom stereocenters.